The lowest BCUT2D eigenvalue weighted by Gasteiger charge is -2.08. The van der Waals surface area contributed by atoms with E-state index in [0.717, 1.165) is 5.92 Å². The molecule has 0 nitrogen and oxygen atoms in total. The summed E-state index contributed by atoms with van der Waals surface area (Å²) in [5.74, 6) is 2.69. The fourth-order valence-electron chi connectivity index (χ4n) is 2.04. The summed E-state index contributed by atoms with van der Waals surface area (Å²) in [6, 6.07) is 0. The summed E-state index contributed by atoms with van der Waals surface area (Å²) in [6.45, 7) is 4.49. The molecule has 0 aliphatic heterocycles. The highest BCUT2D eigenvalue weighted by Crippen LogP contribution is 2.29. The Morgan fingerprint density at radius 3 is 2.36 bits per heavy atom. The predicted molar refractivity (Wildman–Crippen MR) is 50.4 cm³/mol. The summed E-state index contributed by atoms with van der Waals surface area (Å²) in [5, 5.41) is 0. The van der Waals surface area contributed by atoms with Crippen LogP contribution in [0.1, 0.15) is 58.8 Å². The van der Waals surface area contributed by atoms with Crippen molar-refractivity contribution in [3.8, 4) is 0 Å². The molecule has 1 fully saturated rings. The van der Waals surface area contributed by atoms with E-state index >= 15 is 0 Å². The molecule has 0 aromatic rings. The van der Waals surface area contributed by atoms with Gasteiger partial charge in [-0.1, -0.05) is 52.4 Å². The van der Waals surface area contributed by atoms with Gasteiger partial charge in [-0.05, 0) is 18.3 Å². The Kier molecular flexibility index (Phi) is 3.96. The molecular formula is C11H21. The summed E-state index contributed by atoms with van der Waals surface area (Å²) in [4.78, 5) is 0. The second-order valence-electron chi connectivity index (χ2n) is 4.25. The van der Waals surface area contributed by atoms with Crippen molar-refractivity contribution < 1.29 is 0 Å². The van der Waals surface area contributed by atoms with Gasteiger partial charge in [0.15, 0.2) is 0 Å². The monoisotopic (exact) mass is 153 g/mol. The van der Waals surface area contributed by atoms with E-state index in [1.807, 2.05) is 0 Å². The Hall–Kier alpha value is 0. The van der Waals surface area contributed by atoms with E-state index in [4.69, 9.17) is 0 Å². The third-order valence-corrected chi connectivity index (χ3v) is 2.76. The summed E-state index contributed by atoms with van der Waals surface area (Å²) in [5.41, 5.74) is 0. The fraction of sp³-hybridized carbons (Fsp3) is 0.909. The quantitative estimate of drug-likeness (QED) is 0.573. The lowest BCUT2D eigenvalue weighted by molar-refractivity contribution is 0.477. The van der Waals surface area contributed by atoms with Crippen LogP contribution in [-0.4, -0.2) is 0 Å². The van der Waals surface area contributed by atoms with Crippen molar-refractivity contribution in [2.45, 2.75) is 58.8 Å². The maximum atomic E-state index is 2.24. The van der Waals surface area contributed by atoms with Gasteiger partial charge in [-0.2, -0.15) is 0 Å². The van der Waals surface area contributed by atoms with Gasteiger partial charge < -0.3 is 0 Å². The van der Waals surface area contributed by atoms with Crippen LogP contribution in [0.3, 0.4) is 0 Å². The van der Waals surface area contributed by atoms with Gasteiger partial charge in [0.25, 0.3) is 0 Å². The molecule has 11 heavy (non-hydrogen) atoms. The molecule has 0 N–H and O–H groups in total. The number of hydrogen-bond donors (Lipinski definition) is 0. The molecule has 0 heterocycles. The maximum absolute atomic E-state index is 2.24. The minimum absolute atomic E-state index is 1.09. The van der Waals surface area contributed by atoms with Crippen LogP contribution in [0.4, 0.5) is 0 Å². The third kappa shape index (κ3) is 3.79. The van der Waals surface area contributed by atoms with Crippen LogP contribution < -0.4 is 0 Å². The van der Waals surface area contributed by atoms with Crippen LogP contribution in [0.5, 0.6) is 0 Å². The van der Waals surface area contributed by atoms with Crippen LogP contribution in [-0.2, 0) is 0 Å². The van der Waals surface area contributed by atoms with Gasteiger partial charge in [0, 0.05) is 0 Å². The van der Waals surface area contributed by atoms with Gasteiger partial charge in [0.1, 0.15) is 0 Å². The predicted octanol–water partition coefficient (Wildman–Crippen LogP) is 3.96. The molecule has 1 saturated carbocycles. The summed E-state index contributed by atoms with van der Waals surface area (Å²) in [6.07, 6.45) is 10.3. The van der Waals surface area contributed by atoms with Crippen LogP contribution >= 0.6 is 0 Å². The van der Waals surface area contributed by atoms with E-state index in [1.54, 1.807) is 5.92 Å². The van der Waals surface area contributed by atoms with Crippen molar-refractivity contribution in [1.82, 2.24) is 0 Å². The van der Waals surface area contributed by atoms with E-state index in [-0.39, 0.29) is 0 Å². The van der Waals surface area contributed by atoms with Crippen molar-refractivity contribution in [2.24, 2.45) is 5.92 Å². The second-order valence-corrected chi connectivity index (χ2v) is 4.25. The summed E-state index contributed by atoms with van der Waals surface area (Å²) < 4.78 is 0. The molecular weight excluding hydrogens is 132 g/mol. The molecule has 0 bridgehead atoms. The van der Waals surface area contributed by atoms with Gasteiger partial charge in [-0.3, -0.25) is 0 Å². The number of rotatable bonds is 4. The second kappa shape index (κ2) is 4.79. The first-order valence-electron chi connectivity index (χ1n) is 5.08. The molecule has 1 radical (unpaired) electrons. The molecule has 0 unspecified atom stereocenters. The lowest BCUT2D eigenvalue weighted by atomic mass is 9.97. The van der Waals surface area contributed by atoms with E-state index < -0.39 is 0 Å². The van der Waals surface area contributed by atoms with Crippen LogP contribution in [0.25, 0.3) is 0 Å². The van der Waals surface area contributed by atoms with Crippen LogP contribution in [0.15, 0.2) is 0 Å². The molecule has 0 aromatic carbocycles. The van der Waals surface area contributed by atoms with Crippen LogP contribution in [0, 0.1) is 11.8 Å². The molecule has 0 saturated heterocycles. The minimum atomic E-state index is 1.09. The Labute approximate surface area is 71.4 Å². The van der Waals surface area contributed by atoms with Crippen molar-refractivity contribution in [1.29, 1.82) is 0 Å². The van der Waals surface area contributed by atoms with Crippen molar-refractivity contribution >= 4 is 0 Å². The first-order valence-corrected chi connectivity index (χ1v) is 5.08. The molecule has 0 spiro atoms. The lowest BCUT2D eigenvalue weighted by Crippen LogP contribution is -1.94. The van der Waals surface area contributed by atoms with Crippen molar-refractivity contribution in [3.63, 3.8) is 0 Å². The molecule has 0 atom stereocenters. The average molecular weight is 153 g/mol. The van der Waals surface area contributed by atoms with Crippen molar-refractivity contribution in [2.75, 3.05) is 0 Å². The van der Waals surface area contributed by atoms with Crippen molar-refractivity contribution in [3.05, 3.63) is 5.92 Å². The topological polar surface area (TPSA) is 0 Å². The Morgan fingerprint density at radius 1 is 1.18 bits per heavy atom. The largest absolute Gasteiger partial charge is 0.0594 e. The summed E-state index contributed by atoms with van der Waals surface area (Å²) in [7, 11) is 0. The highest BCUT2D eigenvalue weighted by molar-refractivity contribution is 4.77. The average Bonchev–Trinajstić information content (AvgIpc) is 2.39. The van der Waals surface area contributed by atoms with Gasteiger partial charge in [0.2, 0.25) is 0 Å². The standard InChI is InChI=1S/C11H21/c1-10(2)6-5-9-11-7-3-4-8-11/h11H,3-9H2,1-2H3. The first-order chi connectivity index (χ1) is 5.29. The fourth-order valence-corrected chi connectivity index (χ4v) is 2.04. The molecule has 0 amide bonds. The van der Waals surface area contributed by atoms with E-state index in [9.17, 15) is 0 Å². The molecule has 65 valence electrons. The Bertz CT molecular complexity index is 88.2. The Balaban J connectivity index is 1.94. The maximum Gasteiger partial charge on any atom is -0.0303 e. The van der Waals surface area contributed by atoms with E-state index in [0.29, 0.717) is 0 Å². The highest BCUT2D eigenvalue weighted by atomic mass is 14.2. The SMILES string of the molecule is C[C](C)CCCC1CCCC1. The van der Waals surface area contributed by atoms with Crippen LogP contribution in [0.2, 0.25) is 0 Å². The minimum Gasteiger partial charge on any atom is -0.0594 e. The summed E-state index contributed by atoms with van der Waals surface area (Å²) >= 11 is 0. The first kappa shape index (κ1) is 9.09. The molecule has 1 rings (SSSR count). The molecule has 1 aliphatic rings. The highest BCUT2D eigenvalue weighted by Gasteiger charge is 2.13. The third-order valence-electron chi connectivity index (χ3n) is 2.76. The normalized spacial score (nSPS) is 19.9. The number of hydrogen-bond acceptors (Lipinski definition) is 0. The van der Waals surface area contributed by atoms with Gasteiger partial charge in [-0.25, -0.2) is 0 Å². The molecule has 1 aliphatic carbocycles. The molecule has 0 aromatic heterocycles. The van der Waals surface area contributed by atoms with Gasteiger partial charge in [0.05, 0.1) is 0 Å². The van der Waals surface area contributed by atoms with Gasteiger partial charge >= 0.3 is 0 Å². The van der Waals surface area contributed by atoms with E-state index in [2.05, 4.69) is 13.8 Å². The van der Waals surface area contributed by atoms with Gasteiger partial charge in [-0.15, -0.1) is 0 Å². The zero-order chi connectivity index (χ0) is 8.10. The smallest absolute Gasteiger partial charge is 0.0303 e. The zero-order valence-corrected chi connectivity index (χ0v) is 8.03. The van der Waals surface area contributed by atoms with E-state index in [1.165, 1.54) is 44.9 Å². The molecule has 0 heteroatoms. The Morgan fingerprint density at radius 2 is 1.82 bits per heavy atom. The zero-order valence-electron chi connectivity index (χ0n) is 8.03.